The molecule has 102 valence electrons. The highest BCUT2D eigenvalue weighted by Crippen LogP contribution is 2.18. The Kier molecular flexibility index (Phi) is 7.25. The predicted molar refractivity (Wildman–Crippen MR) is 64.6 cm³/mol. The van der Waals surface area contributed by atoms with Crippen LogP contribution in [0.15, 0.2) is 24.3 Å². The van der Waals surface area contributed by atoms with Gasteiger partial charge in [0, 0.05) is 12.5 Å². The van der Waals surface area contributed by atoms with Crippen LogP contribution >= 0.6 is 0 Å². The molecule has 1 saturated heterocycles. The van der Waals surface area contributed by atoms with Gasteiger partial charge in [-0.05, 0) is 31.5 Å². The van der Waals surface area contributed by atoms with Crippen molar-refractivity contribution in [3.05, 3.63) is 30.1 Å². The Morgan fingerprint density at radius 2 is 2.00 bits per heavy atom. The Morgan fingerprint density at radius 1 is 1.28 bits per heavy atom. The summed E-state index contributed by atoms with van der Waals surface area (Å²) in [6.07, 6.45) is 2.35. The Bertz CT molecular complexity index is 330. The monoisotopic (exact) mass is 261 g/mol. The summed E-state index contributed by atoms with van der Waals surface area (Å²) in [7, 11) is 0. The number of piperidine rings is 1. The quantitative estimate of drug-likeness (QED) is 0.902. The van der Waals surface area contributed by atoms with E-state index in [9.17, 15) is 13.2 Å². The SMILES string of the molecule is FCF.Fc1ccccc1OCC1CCCNC1. The molecule has 1 heterocycles. The van der Waals surface area contributed by atoms with Gasteiger partial charge >= 0.3 is 0 Å². The molecule has 0 aliphatic carbocycles. The fraction of sp³-hybridized carbons (Fsp3) is 0.538. The summed E-state index contributed by atoms with van der Waals surface area (Å²) in [5.74, 6) is 0.600. The molecule has 1 aliphatic rings. The molecule has 2 rings (SSSR count). The van der Waals surface area contributed by atoms with Crippen LogP contribution < -0.4 is 10.1 Å². The Morgan fingerprint density at radius 3 is 2.61 bits per heavy atom. The molecule has 1 aliphatic heterocycles. The molecule has 1 aromatic rings. The van der Waals surface area contributed by atoms with Gasteiger partial charge in [0.15, 0.2) is 11.6 Å². The molecule has 0 radical (unpaired) electrons. The molecular formula is C13H18F3NO. The second-order valence-electron chi connectivity index (χ2n) is 4.05. The van der Waals surface area contributed by atoms with Crippen molar-refractivity contribution in [3.63, 3.8) is 0 Å². The van der Waals surface area contributed by atoms with Gasteiger partial charge in [-0.1, -0.05) is 12.1 Å². The maximum Gasteiger partial charge on any atom is 0.229 e. The third kappa shape index (κ3) is 5.40. The zero-order valence-electron chi connectivity index (χ0n) is 10.2. The van der Waals surface area contributed by atoms with Gasteiger partial charge < -0.3 is 10.1 Å². The van der Waals surface area contributed by atoms with Crippen molar-refractivity contribution in [3.8, 4) is 5.75 Å². The fourth-order valence-electron chi connectivity index (χ4n) is 1.84. The number of hydrogen-bond acceptors (Lipinski definition) is 2. The minimum atomic E-state index is -1.75. The van der Waals surface area contributed by atoms with Crippen LogP contribution in [0.25, 0.3) is 0 Å². The molecule has 1 fully saturated rings. The fourth-order valence-corrected chi connectivity index (χ4v) is 1.84. The van der Waals surface area contributed by atoms with Gasteiger partial charge in [-0.2, -0.15) is 0 Å². The van der Waals surface area contributed by atoms with Crippen molar-refractivity contribution in [1.82, 2.24) is 5.32 Å². The second-order valence-corrected chi connectivity index (χ2v) is 4.05. The summed E-state index contributed by atoms with van der Waals surface area (Å²) in [4.78, 5) is 0. The Labute approximate surface area is 105 Å². The Balaban J connectivity index is 0.000000492. The molecule has 0 saturated carbocycles. The van der Waals surface area contributed by atoms with Crippen LogP contribution in [0.5, 0.6) is 5.75 Å². The summed E-state index contributed by atoms with van der Waals surface area (Å²) in [6, 6.07) is 6.56. The van der Waals surface area contributed by atoms with Crippen molar-refractivity contribution < 1.29 is 17.9 Å². The van der Waals surface area contributed by atoms with E-state index in [1.165, 1.54) is 18.9 Å². The molecule has 1 aromatic carbocycles. The van der Waals surface area contributed by atoms with Crippen molar-refractivity contribution in [2.45, 2.75) is 12.8 Å². The first kappa shape index (κ1) is 14.8. The number of para-hydroxylation sites is 1. The van der Waals surface area contributed by atoms with E-state index < -0.39 is 6.93 Å². The number of hydrogen-bond donors (Lipinski definition) is 1. The van der Waals surface area contributed by atoms with E-state index in [2.05, 4.69) is 5.32 Å². The normalized spacial score (nSPS) is 18.7. The summed E-state index contributed by atoms with van der Waals surface area (Å²) in [5, 5.41) is 3.31. The molecule has 0 spiro atoms. The number of ether oxygens (including phenoxy) is 1. The first-order chi connectivity index (χ1) is 8.77. The number of alkyl halides is 2. The summed E-state index contributed by atoms with van der Waals surface area (Å²) >= 11 is 0. The van der Waals surface area contributed by atoms with Crippen LogP contribution in [0.1, 0.15) is 12.8 Å². The van der Waals surface area contributed by atoms with Crippen molar-refractivity contribution in [1.29, 1.82) is 0 Å². The first-order valence-electron chi connectivity index (χ1n) is 5.98. The predicted octanol–water partition coefficient (Wildman–Crippen LogP) is 3.09. The van der Waals surface area contributed by atoms with E-state index >= 15 is 0 Å². The third-order valence-corrected chi connectivity index (χ3v) is 2.71. The van der Waals surface area contributed by atoms with E-state index in [0.29, 0.717) is 18.3 Å². The van der Waals surface area contributed by atoms with Gasteiger partial charge in [-0.25, -0.2) is 13.2 Å². The summed E-state index contributed by atoms with van der Waals surface area (Å²) in [5.41, 5.74) is 0. The largest absolute Gasteiger partial charge is 0.490 e. The van der Waals surface area contributed by atoms with E-state index in [-0.39, 0.29) is 5.82 Å². The average molecular weight is 261 g/mol. The Hall–Kier alpha value is -1.23. The molecule has 0 bridgehead atoms. The third-order valence-electron chi connectivity index (χ3n) is 2.71. The van der Waals surface area contributed by atoms with Gasteiger partial charge in [0.2, 0.25) is 6.93 Å². The van der Waals surface area contributed by atoms with Crippen LogP contribution in [-0.2, 0) is 0 Å². The molecule has 1 N–H and O–H groups in total. The lowest BCUT2D eigenvalue weighted by molar-refractivity contribution is 0.211. The first-order valence-corrected chi connectivity index (χ1v) is 5.98. The molecule has 1 atom stereocenters. The number of nitrogens with one attached hydrogen (secondary N) is 1. The van der Waals surface area contributed by atoms with E-state index in [1.807, 2.05) is 0 Å². The second kappa shape index (κ2) is 8.80. The van der Waals surface area contributed by atoms with E-state index in [4.69, 9.17) is 4.74 Å². The molecule has 18 heavy (non-hydrogen) atoms. The maximum atomic E-state index is 13.2. The van der Waals surface area contributed by atoms with Gasteiger partial charge in [-0.15, -0.1) is 0 Å². The highest BCUT2D eigenvalue weighted by molar-refractivity contribution is 5.23. The lowest BCUT2D eigenvalue weighted by atomic mass is 10.0. The zero-order chi connectivity index (χ0) is 13.2. The topological polar surface area (TPSA) is 21.3 Å². The van der Waals surface area contributed by atoms with Gasteiger partial charge in [0.1, 0.15) is 0 Å². The van der Waals surface area contributed by atoms with Gasteiger partial charge in [-0.3, -0.25) is 0 Å². The van der Waals surface area contributed by atoms with Crippen LogP contribution in [0.3, 0.4) is 0 Å². The average Bonchev–Trinajstić information content (AvgIpc) is 2.40. The van der Waals surface area contributed by atoms with E-state index in [0.717, 1.165) is 13.1 Å². The smallest absolute Gasteiger partial charge is 0.229 e. The maximum absolute atomic E-state index is 13.2. The van der Waals surface area contributed by atoms with Crippen molar-refractivity contribution in [2.75, 3.05) is 26.6 Å². The van der Waals surface area contributed by atoms with Crippen molar-refractivity contribution >= 4 is 0 Å². The molecule has 0 aromatic heterocycles. The van der Waals surface area contributed by atoms with Gasteiger partial charge in [0.05, 0.1) is 6.61 Å². The highest BCUT2D eigenvalue weighted by atomic mass is 19.3. The van der Waals surface area contributed by atoms with Crippen molar-refractivity contribution in [2.24, 2.45) is 5.92 Å². The summed E-state index contributed by atoms with van der Waals surface area (Å²) < 4.78 is 37.9. The van der Waals surface area contributed by atoms with Crippen LogP contribution in [0.4, 0.5) is 13.2 Å². The minimum absolute atomic E-state index is 0.277. The van der Waals surface area contributed by atoms with Crippen LogP contribution in [0.2, 0.25) is 0 Å². The number of rotatable bonds is 3. The number of halogens is 3. The highest BCUT2D eigenvalue weighted by Gasteiger charge is 2.14. The lowest BCUT2D eigenvalue weighted by Crippen LogP contribution is -2.33. The molecular weight excluding hydrogens is 243 g/mol. The molecule has 5 heteroatoms. The molecule has 0 amide bonds. The molecule has 2 nitrogen and oxygen atoms in total. The van der Waals surface area contributed by atoms with Gasteiger partial charge in [0.25, 0.3) is 0 Å². The minimum Gasteiger partial charge on any atom is -0.490 e. The van der Waals surface area contributed by atoms with Crippen LogP contribution in [-0.4, -0.2) is 26.6 Å². The number of benzene rings is 1. The summed E-state index contributed by atoms with van der Waals surface area (Å²) in [6.45, 7) is 0.929. The molecule has 1 unspecified atom stereocenters. The lowest BCUT2D eigenvalue weighted by Gasteiger charge is -2.22. The van der Waals surface area contributed by atoms with Crippen LogP contribution in [0, 0.1) is 11.7 Å². The van der Waals surface area contributed by atoms with E-state index in [1.54, 1.807) is 18.2 Å². The zero-order valence-corrected chi connectivity index (χ0v) is 10.2. The standard InChI is InChI=1S/C12H16FNO.CH2F2/c13-11-5-1-2-6-12(11)15-9-10-4-3-7-14-8-10;2-1-3/h1-2,5-6,10,14H,3-4,7-9H2;1H2.